The van der Waals surface area contributed by atoms with Crippen LogP contribution in [0.5, 0.6) is 0 Å². The third kappa shape index (κ3) is 1.55. The summed E-state index contributed by atoms with van der Waals surface area (Å²) >= 11 is 0. The Morgan fingerprint density at radius 2 is 1.91 bits per heavy atom. The average molecular weight is 154 g/mol. The molecular weight excluding hydrogens is 138 g/mol. The van der Waals surface area contributed by atoms with Gasteiger partial charge in [0.2, 0.25) is 0 Å². The maximum Gasteiger partial charge on any atom is 0.0873 e. The third-order valence-electron chi connectivity index (χ3n) is 2.63. The maximum absolute atomic E-state index is 4.67. The highest BCUT2D eigenvalue weighted by atomic mass is 15.2. The summed E-state index contributed by atoms with van der Waals surface area (Å²) in [5.74, 6) is 0. The van der Waals surface area contributed by atoms with Crippen LogP contribution in [0.25, 0.3) is 0 Å². The number of piperidine rings is 1. The van der Waals surface area contributed by atoms with E-state index in [1.54, 1.807) is 0 Å². The zero-order chi connectivity index (χ0) is 7.57. The minimum atomic E-state index is 0.170. The van der Waals surface area contributed by atoms with E-state index in [9.17, 15) is 0 Å². The third-order valence-corrected chi connectivity index (χ3v) is 2.63. The smallest absolute Gasteiger partial charge is 0.0873 e. The first-order chi connectivity index (χ1) is 5.41. The number of rotatable bonds is 0. The van der Waals surface area contributed by atoms with Crippen molar-refractivity contribution < 1.29 is 0 Å². The molecule has 0 atom stereocenters. The van der Waals surface area contributed by atoms with Crippen LogP contribution in [-0.2, 0) is 0 Å². The van der Waals surface area contributed by atoms with E-state index in [-0.39, 0.29) is 5.66 Å². The van der Waals surface area contributed by atoms with Gasteiger partial charge < -0.3 is 5.32 Å². The highest BCUT2D eigenvalue weighted by Gasteiger charge is 2.33. The van der Waals surface area contributed by atoms with Gasteiger partial charge in [0.1, 0.15) is 0 Å². The van der Waals surface area contributed by atoms with Crippen LogP contribution in [0.15, 0.2) is 0 Å². The van der Waals surface area contributed by atoms with Crippen molar-refractivity contribution in [3.05, 3.63) is 0 Å². The van der Waals surface area contributed by atoms with Crippen molar-refractivity contribution in [2.24, 2.45) is 0 Å². The van der Waals surface area contributed by atoms with Gasteiger partial charge >= 0.3 is 0 Å². The zero-order valence-corrected chi connectivity index (χ0v) is 6.90. The first kappa shape index (κ1) is 7.53. The Hall–Kier alpha value is -0.120. The van der Waals surface area contributed by atoms with Gasteiger partial charge in [-0.2, -0.15) is 0 Å². The average Bonchev–Trinajstić information content (AvgIpc) is 2.07. The summed E-state index contributed by atoms with van der Waals surface area (Å²) in [5, 5.41) is 11.6. The van der Waals surface area contributed by atoms with E-state index in [0.717, 1.165) is 26.2 Å². The summed E-state index contributed by atoms with van der Waals surface area (Å²) in [5.41, 5.74) is 0.170. The first-order valence-corrected chi connectivity index (χ1v) is 4.56. The molecular formula is C8H16N3. The summed E-state index contributed by atoms with van der Waals surface area (Å²) in [4.78, 5) is 0. The number of hydrogen-bond acceptors (Lipinski definition) is 2. The molecule has 0 aromatic carbocycles. The Morgan fingerprint density at radius 3 is 2.55 bits per heavy atom. The Balaban J connectivity index is 1.94. The van der Waals surface area contributed by atoms with Gasteiger partial charge in [0.05, 0.1) is 5.66 Å². The fraction of sp³-hybridized carbons (Fsp3) is 1.00. The van der Waals surface area contributed by atoms with Crippen molar-refractivity contribution in [2.75, 3.05) is 26.2 Å². The SMILES string of the molecule is C1C[N]C2(CCNCC2)NC1. The van der Waals surface area contributed by atoms with E-state index < -0.39 is 0 Å². The van der Waals surface area contributed by atoms with Crippen molar-refractivity contribution in [1.82, 2.24) is 16.0 Å². The van der Waals surface area contributed by atoms with Gasteiger partial charge in [0.25, 0.3) is 0 Å². The molecule has 63 valence electrons. The van der Waals surface area contributed by atoms with E-state index in [4.69, 9.17) is 0 Å². The Kier molecular flexibility index (Phi) is 2.11. The van der Waals surface area contributed by atoms with Crippen LogP contribution in [0.3, 0.4) is 0 Å². The molecule has 0 saturated carbocycles. The predicted octanol–water partition coefficient (Wildman–Crippen LogP) is -0.336. The van der Waals surface area contributed by atoms with Crippen LogP contribution in [0.4, 0.5) is 0 Å². The molecule has 2 saturated heterocycles. The van der Waals surface area contributed by atoms with Crippen molar-refractivity contribution in [2.45, 2.75) is 24.9 Å². The topological polar surface area (TPSA) is 38.2 Å². The van der Waals surface area contributed by atoms with E-state index in [1.165, 1.54) is 19.3 Å². The number of hydrogen-bond donors (Lipinski definition) is 2. The molecule has 3 nitrogen and oxygen atoms in total. The molecule has 2 heterocycles. The van der Waals surface area contributed by atoms with E-state index in [0.29, 0.717) is 0 Å². The van der Waals surface area contributed by atoms with Gasteiger partial charge in [-0.1, -0.05) is 0 Å². The van der Waals surface area contributed by atoms with Crippen LogP contribution in [0.2, 0.25) is 0 Å². The molecule has 11 heavy (non-hydrogen) atoms. The monoisotopic (exact) mass is 154 g/mol. The largest absolute Gasteiger partial charge is 0.316 e. The Morgan fingerprint density at radius 1 is 1.09 bits per heavy atom. The fourth-order valence-corrected chi connectivity index (χ4v) is 1.92. The molecule has 1 spiro atoms. The molecule has 0 aliphatic carbocycles. The van der Waals surface area contributed by atoms with Gasteiger partial charge in [-0.3, -0.25) is 5.32 Å². The molecule has 2 N–H and O–H groups in total. The Labute approximate surface area is 67.9 Å². The second-order valence-electron chi connectivity index (χ2n) is 3.44. The van der Waals surface area contributed by atoms with E-state index in [2.05, 4.69) is 16.0 Å². The molecule has 3 heteroatoms. The minimum absolute atomic E-state index is 0.170. The lowest BCUT2D eigenvalue weighted by Crippen LogP contribution is -2.61. The molecule has 0 bridgehead atoms. The molecule has 0 aromatic rings. The minimum Gasteiger partial charge on any atom is -0.316 e. The lowest BCUT2D eigenvalue weighted by atomic mass is 9.96. The molecule has 0 unspecified atom stereocenters. The van der Waals surface area contributed by atoms with Crippen molar-refractivity contribution in [1.29, 1.82) is 0 Å². The van der Waals surface area contributed by atoms with Crippen molar-refractivity contribution >= 4 is 0 Å². The lowest BCUT2D eigenvalue weighted by Gasteiger charge is -2.41. The molecule has 2 fully saturated rings. The standard InChI is InChI=1S/C8H16N3/c1-4-10-8(11-5-1)2-6-9-7-3-8/h9-10H,1-7H2. The second kappa shape index (κ2) is 3.09. The molecule has 2 aliphatic heterocycles. The first-order valence-electron chi connectivity index (χ1n) is 4.56. The Bertz CT molecular complexity index is 104. The summed E-state index contributed by atoms with van der Waals surface area (Å²) in [6.45, 7) is 4.46. The summed E-state index contributed by atoms with van der Waals surface area (Å²) in [6.07, 6.45) is 3.56. The molecule has 1 radical (unpaired) electrons. The van der Waals surface area contributed by atoms with Crippen LogP contribution in [-0.4, -0.2) is 31.8 Å². The van der Waals surface area contributed by atoms with Crippen molar-refractivity contribution in [3.8, 4) is 0 Å². The molecule has 0 aromatic heterocycles. The summed E-state index contributed by atoms with van der Waals surface area (Å²) in [6, 6.07) is 0. The maximum atomic E-state index is 4.67. The van der Waals surface area contributed by atoms with Crippen LogP contribution in [0, 0.1) is 0 Å². The van der Waals surface area contributed by atoms with Crippen LogP contribution < -0.4 is 16.0 Å². The number of nitrogens with one attached hydrogen (secondary N) is 2. The highest BCUT2D eigenvalue weighted by Crippen LogP contribution is 2.18. The zero-order valence-electron chi connectivity index (χ0n) is 6.90. The van der Waals surface area contributed by atoms with E-state index in [1.807, 2.05) is 0 Å². The van der Waals surface area contributed by atoms with E-state index >= 15 is 0 Å². The fourth-order valence-electron chi connectivity index (χ4n) is 1.92. The second-order valence-corrected chi connectivity index (χ2v) is 3.44. The normalized spacial score (nSPS) is 30.5. The van der Waals surface area contributed by atoms with Gasteiger partial charge in [-0.15, -0.1) is 0 Å². The highest BCUT2D eigenvalue weighted by molar-refractivity contribution is 4.91. The van der Waals surface area contributed by atoms with Gasteiger partial charge in [0, 0.05) is 6.54 Å². The predicted molar refractivity (Wildman–Crippen MR) is 44.5 cm³/mol. The van der Waals surface area contributed by atoms with Gasteiger partial charge in [0.15, 0.2) is 0 Å². The van der Waals surface area contributed by atoms with Crippen LogP contribution >= 0.6 is 0 Å². The molecule has 0 amide bonds. The summed E-state index contributed by atoms with van der Waals surface area (Å²) < 4.78 is 0. The number of nitrogens with zero attached hydrogens (tertiary/aromatic N) is 1. The molecule has 2 aliphatic rings. The van der Waals surface area contributed by atoms with Gasteiger partial charge in [-0.25, -0.2) is 5.32 Å². The lowest BCUT2D eigenvalue weighted by molar-refractivity contribution is 0.161. The molecule has 2 rings (SSSR count). The quantitative estimate of drug-likeness (QED) is 0.501. The van der Waals surface area contributed by atoms with Crippen LogP contribution in [0.1, 0.15) is 19.3 Å². The summed E-state index contributed by atoms with van der Waals surface area (Å²) in [7, 11) is 0. The van der Waals surface area contributed by atoms with Crippen molar-refractivity contribution in [3.63, 3.8) is 0 Å². The van der Waals surface area contributed by atoms with Gasteiger partial charge in [-0.05, 0) is 38.9 Å².